The van der Waals surface area contributed by atoms with Crippen LogP contribution in [-0.4, -0.2) is 34.6 Å². The fourth-order valence-electron chi connectivity index (χ4n) is 4.07. The standard InChI is InChI=1S/C20H30N2O2/c1-19(2)12-17(20(3,4)24-19)21-13-15-8-5-6-9-16(15)14-22-11-7-10-18(22)23/h5-6,8-9,17,21H,7,10-14H2,1-4H3/t17-/m1/s1. The summed E-state index contributed by atoms with van der Waals surface area (Å²) in [6.07, 6.45) is 2.69. The first-order chi connectivity index (χ1) is 11.3. The van der Waals surface area contributed by atoms with Gasteiger partial charge in [-0.05, 0) is 51.7 Å². The van der Waals surface area contributed by atoms with Gasteiger partial charge >= 0.3 is 0 Å². The molecule has 4 heteroatoms. The van der Waals surface area contributed by atoms with Crippen LogP contribution >= 0.6 is 0 Å². The van der Waals surface area contributed by atoms with Crippen molar-refractivity contribution in [3.8, 4) is 0 Å². The molecule has 0 saturated carbocycles. The van der Waals surface area contributed by atoms with E-state index >= 15 is 0 Å². The Hall–Kier alpha value is -1.39. The Morgan fingerprint density at radius 3 is 2.50 bits per heavy atom. The smallest absolute Gasteiger partial charge is 0.222 e. The Labute approximate surface area is 145 Å². The number of carbonyl (C=O) groups excluding carboxylic acids is 1. The highest BCUT2D eigenvalue weighted by molar-refractivity contribution is 5.78. The van der Waals surface area contributed by atoms with Crippen LogP contribution in [0.25, 0.3) is 0 Å². The predicted molar refractivity (Wildman–Crippen MR) is 95.6 cm³/mol. The molecule has 3 rings (SSSR count). The number of hydrogen-bond acceptors (Lipinski definition) is 3. The molecule has 1 N–H and O–H groups in total. The van der Waals surface area contributed by atoms with E-state index in [1.54, 1.807) is 0 Å². The zero-order valence-electron chi connectivity index (χ0n) is 15.4. The van der Waals surface area contributed by atoms with Crippen molar-refractivity contribution in [1.82, 2.24) is 10.2 Å². The lowest BCUT2D eigenvalue weighted by Crippen LogP contribution is -2.43. The molecular formula is C20H30N2O2. The van der Waals surface area contributed by atoms with Gasteiger partial charge in [0, 0.05) is 32.1 Å². The van der Waals surface area contributed by atoms with Gasteiger partial charge in [0.1, 0.15) is 0 Å². The number of benzene rings is 1. The fraction of sp³-hybridized carbons (Fsp3) is 0.650. The first-order valence-corrected chi connectivity index (χ1v) is 9.05. The number of rotatable bonds is 5. The molecule has 0 radical (unpaired) electrons. The molecule has 4 nitrogen and oxygen atoms in total. The van der Waals surface area contributed by atoms with Crippen molar-refractivity contribution < 1.29 is 9.53 Å². The lowest BCUT2D eigenvalue weighted by atomic mass is 9.94. The molecule has 2 fully saturated rings. The van der Waals surface area contributed by atoms with Gasteiger partial charge in [-0.15, -0.1) is 0 Å². The van der Waals surface area contributed by atoms with Gasteiger partial charge in [0.15, 0.2) is 0 Å². The molecule has 0 unspecified atom stereocenters. The number of hydrogen-bond donors (Lipinski definition) is 1. The zero-order chi connectivity index (χ0) is 17.4. The van der Waals surface area contributed by atoms with Crippen molar-refractivity contribution in [3.05, 3.63) is 35.4 Å². The van der Waals surface area contributed by atoms with Crippen LogP contribution in [0.3, 0.4) is 0 Å². The van der Waals surface area contributed by atoms with Crippen LogP contribution in [0.15, 0.2) is 24.3 Å². The zero-order valence-corrected chi connectivity index (χ0v) is 15.4. The SMILES string of the molecule is CC1(C)C[C@@H](NCc2ccccc2CN2CCCC2=O)C(C)(C)O1. The highest BCUT2D eigenvalue weighted by Crippen LogP contribution is 2.37. The van der Waals surface area contributed by atoms with E-state index in [0.29, 0.717) is 12.5 Å². The minimum absolute atomic E-state index is 0.0807. The Balaban J connectivity index is 1.66. The van der Waals surface area contributed by atoms with Crippen LogP contribution in [0.1, 0.15) is 58.1 Å². The van der Waals surface area contributed by atoms with E-state index in [2.05, 4.69) is 57.3 Å². The van der Waals surface area contributed by atoms with Gasteiger partial charge in [-0.25, -0.2) is 0 Å². The maximum Gasteiger partial charge on any atom is 0.222 e. The second-order valence-corrected chi connectivity index (χ2v) is 8.29. The minimum atomic E-state index is -0.163. The summed E-state index contributed by atoms with van der Waals surface area (Å²) >= 11 is 0. The Bertz CT molecular complexity index is 609. The van der Waals surface area contributed by atoms with Crippen LogP contribution < -0.4 is 5.32 Å². The van der Waals surface area contributed by atoms with E-state index in [-0.39, 0.29) is 17.1 Å². The molecule has 0 aliphatic carbocycles. The van der Waals surface area contributed by atoms with E-state index in [1.807, 2.05) is 4.90 Å². The van der Waals surface area contributed by atoms with Crippen molar-refractivity contribution in [2.24, 2.45) is 0 Å². The van der Waals surface area contributed by atoms with Crippen molar-refractivity contribution in [3.63, 3.8) is 0 Å². The summed E-state index contributed by atoms with van der Waals surface area (Å²) in [7, 11) is 0. The topological polar surface area (TPSA) is 41.6 Å². The number of nitrogens with one attached hydrogen (secondary N) is 1. The van der Waals surface area contributed by atoms with Crippen LogP contribution in [0.2, 0.25) is 0 Å². The second kappa shape index (κ2) is 6.49. The lowest BCUT2D eigenvalue weighted by molar-refractivity contribution is -0.128. The van der Waals surface area contributed by atoms with Crippen LogP contribution in [0.4, 0.5) is 0 Å². The summed E-state index contributed by atoms with van der Waals surface area (Å²) in [6.45, 7) is 11.1. The summed E-state index contributed by atoms with van der Waals surface area (Å²) < 4.78 is 6.17. The van der Waals surface area contributed by atoms with E-state index < -0.39 is 0 Å². The minimum Gasteiger partial charge on any atom is -0.368 e. The summed E-state index contributed by atoms with van der Waals surface area (Å²) in [6, 6.07) is 8.77. The monoisotopic (exact) mass is 330 g/mol. The number of ether oxygens (including phenoxy) is 1. The molecule has 1 aromatic carbocycles. The molecule has 2 heterocycles. The molecule has 0 aromatic heterocycles. The summed E-state index contributed by atoms with van der Waals surface area (Å²) in [5, 5.41) is 3.69. The Morgan fingerprint density at radius 2 is 1.92 bits per heavy atom. The van der Waals surface area contributed by atoms with Crippen LogP contribution in [0.5, 0.6) is 0 Å². The highest BCUT2D eigenvalue weighted by atomic mass is 16.5. The van der Waals surface area contributed by atoms with Gasteiger partial charge in [0.25, 0.3) is 0 Å². The van der Waals surface area contributed by atoms with Gasteiger partial charge in [-0.1, -0.05) is 24.3 Å². The second-order valence-electron chi connectivity index (χ2n) is 8.29. The fourth-order valence-corrected chi connectivity index (χ4v) is 4.07. The van der Waals surface area contributed by atoms with E-state index in [1.165, 1.54) is 11.1 Å². The molecular weight excluding hydrogens is 300 g/mol. The summed E-state index contributed by atoms with van der Waals surface area (Å²) in [4.78, 5) is 13.9. The molecule has 1 aromatic rings. The third-order valence-electron chi connectivity index (χ3n) is 5.26. The third kappa shape index (κ3) is 3.81. The number of nitrogens with zero attached hydrogens (tertiary/aromatic N) is 1. The van der Waals surface area contributed by atoms with Gasteiger partial charge in [-0.3, -0.25) is 4.79 Å². The van der Waals surface area contributed by atoms with Gasteiger partial charge in [-0.2, -0.15) is 0 Å². The van der Waals surface area contributed by atoms with Gasteiger partial charge in [0.2, 0.25) is 5.91 Å². The van der Waals surface area contributed by atoms with Gasteiger partial charge in [0.05, 0.1) is 11.2 Å². The van der Waals surface area contributed by atoms with Crippen molar-refractivity contribution in [2.75, 3.05) is 6.54 Å². The molecule has 0 bridgehead atoms. The Kier molecular flexibility index (Phi) is 4.71. The first-order valence-electron chi connectivity index (χ1n) is 9.05. The lowest BCUT2D eigenvalue weighted by Gasteiger charge is -2.28. The maximum absolute atomic E-state index is 11.9. The molecule has 2 saturated heterocycles. The van der Waals surface area contributed by atoms with Gasteiger partial charge < -0.3 is 15.0 Å². The van der Waals surface area contributed by atoms with E-state index in [0.717, 1.165) is 32.5 Å². The molecule has 0 spiro atoms. The normalized spacial score (nSPS) is 25.4. The average molecular weight is 330 g/mol. The quantitative estimate of drug-likeness (QED) is 0.901. The van der Waals surface area contributed by atoms with Crippen LogP contribution in [-0.2, 0) is 22.6 Å². The third-order valence-corrected chi connectivity index (χ3v) is 5.26. The van der Waals surface area contributed by atoms with Crippen molar-refractivity contribution in [1.29, 1.82) is 0 Å². The first kappa shape index (κ1) is 17.4. The Morgan fingerprint density at radius 1 is 1.21 bits per heavy atom. The van der Waals surface area contributed by atoms with E-state index in [4.69, 9.17) is 4.74 Å². The summed E-state index contributed by atoms with van der Waals surface area (Å²) in [5.41, 5.74) is 2.28. The summed E-state index contributed by atoms with van der Waals surface area (Å²) in [5.74, 6) is 0.282. The average Bonchev–Trinajstić information content (AvgIpc) is 2.97. The van der Waals surface area contributed by atoms with E-state index in [9.17, 15) is 4.79 Å². The van der Waals surface area contributed by atoms with Crippen molar-refractivity contribution in [2.45, 2.75) is 77.3 Å². The van der Waals surface area contributed by atoms with Crippen LogP contribution in [0, 0.1) is 0 Å². The highest BCUT2D eigenvalue weighted by Gasteiger charge is 2.45. The number of carbonyl (C=O) groups is 1. The predicted octanol–water partition coefficient (Wildman–Crippen LogP) is 3.24. The molecule has 1 amide bonds. The molecule has 2 aliphatic heterocycles. The number of amides is 1. The molecule has 1 atom stereocenters. The largest absolute Gasteiger partial charge is 0.368 e. The number of likely N-dealkylation sites (tertiary alicyclic amines) is 1. The maximum atomic E-state index is 11.9. The molecule has 2 aliphatic rings. The van der Waals surface area contributed by atoms with Crippen molar-refractivity contribution >= 4 is 5.91 Å². The molecule has 132 valence electrons. The molecule has 24 heavy (non-hydrogen) atoms.